The van der Waals surface area contributed by atoms with E-state index >= 15 is 0 Å². The Morgan fingerprint density at radius 1 is 1.27 bits per heavy atom. The van der Waals surface area contributed by atoms with Crippen LogP contribution in [0.4, 0.5) is 0 Å². The van der Waals surface area contributed by atoms with Crippen molar-refractivity contribution in [3.8, 4) is 0 Å². The standard InChI is InChI=1S/C13H20O2/c1-11(7-6-10-15-2)13(14)12-8-4-3-5-9-12/h3-5,8-9,11,13-14H,6-7,10H2,1-2H3. The van der Waals surface area contributed by atoms with Gasteiger partial charge in [-0.3, -0.25) is 0 Å². The zero-order valence-corrected chi connectivity index (χ0v) is 9.52. The third kappa shape index (κ3) is 4.02. The second-order valence-electron chi connectivity index (χ2n) is 3.97. The molecule has 1 aromatic carbocycles. The summed E-state index contributed by atoms with van der Waals surface area (Å²) in [7, 11) is 1.71. The molecule has 0 aliphatic rings. The third-order valence-corrected chi connectivity index (χ3v) is 2.69. The lowest BCUT2D eigenvalue weighted by Crippen LogP contribution is -2.09. The molecule has 1 N–H and O–H groups in total. The molecule has 0 saturated heterocycles. The van der Waals surface area contributed by atoms with E-state index in [4.69, 9.17) is 4.74 Å². The van der Waals surface area contributed by atoms with Gasteiger partial charge in [-0.2, -0.15) is 0 Å². The highest BCUT2D eigenvalue weighted by Crippen LogP contribution is 2.24. The fraction of sp³-hybridized carbons (Fsp3) is 0.538. The normalized spacial score (nSPS) is 14.9. The van der Waals surface area contributed by atoms with Gasteiger partial charge in [-0.15, -0.1) is 0 Å². The van der Waals surface area contributed by atoms with Crippen LogP contribution in [0, 0.1) is 5.92 Å². The van der Waals surface area contributed by atoms with Crippen molar-refractivity contribution >= 4 is 0 Å². The molecule has 0 spiro atoms. The molecule has 0 radical (unpaired) electrons. The van der Waals surface area contributed by atoms with Crippen molar-refractivity contribution in [2.75, 3.05) is 13.7 Å². The van der Waals surface area contributed by atoms with E-state index < -0.39 is 0 Å². The quantitative estimate of drug-likeness (QED) is 0.728. The minimum Gasteiger partial charge on any atom is -0.388 e. The summed E-state index contributed by atoms with van der Waals surface area (Å²) in [5.41, 5.74) is 1.00. The van der Waals surface area contributed by atoms with Gasteiger partial charge in [-0.05, 0) is 24.3 Å². The smallest absolute Gasteiger partial charge is 0.0815 e. The molecule has 0 heterocycles. The Hall–Kier alpha value is -0.860. The first-order valence-corrected chi connectivity index (χ1v) is 5.47. The molecule has 1 aromatic rings. The van der Waals surface area contributed by atoms with Crippen LogP contribution in [0.15, 0.2) is 30.3 Å². The SMILES string of the molecule is COCCCC(C)C(O)c1ccccc1. The van der Waals surface area contributed by atoms with Crippen LogP contribution in [0.2, 0.25) is 0 Å². The maximum Gasteiger partial charge on any atom is 0.0815 e. The molecule has 0 bridgehead atoms. The zero-order valence-electron chi connectivity index (χ0n) is 9.52. The highest BCUT2D eigenvalue weighted by Gasteiger charge is 2.15. The van der Waals surface area contributed by atoms with E-state index in [0.29, 0.717) is 0 Å². The molecule has 0 aliphatic carbocycles. The predicted molar refractivity (Wildman–Crippen MR) is 61.7 cm³/mol. The van der Waals surface area contributed by atoms with Gasteiger partial charge in [0.15, 0.2) is 0 Å². The summed E-state index contributed by atoms with van der Waals surface area (Å²) in [6.45, 7) is 2.85. The first-order valence-electron chi connectivity index (χ1n) is 5.47. The first-order chi connectivity index (χ1) is 7.25. The molecule has 0 saturated carbocycles. The average molecular weight is 208 g/mol. The third-order valence-electron chi connectivity index (χ3n) is 2.69. The van der Waals surface area contributed by atoms with E-state index in [9.17, 15) is 5.11 Å². The van der Waals surface area contributed by atoms with Crippen LogP contribution in [0.1, 0.15) is 31.4 Å². The highest BCUT2D eigenvalue weighted by atomic mass is 16.5. The number of ether oxygens (including phenoxy) is 1. The molecule has 84 valence electrons. The average Bonchev–Trinajstić information content (AvgIpc) is 2.29. The molecule has 0 fully saturated rings. The van der Waals surface area contributed by atoms with E-state index in [1.54, 1.807) is 7.11 Å². The van der Waals surface area contributed by atoms with Crippen LogP contribution in [0.5, 0.6) is 0 Å². The summed E-state index contributed by atoms with van der Waals surface area (Å²) in [5.74, 6) is 0.280. The number of rotatable bonds is 6. The minimum atomic E-state index is -0.358. The predicted octanol–water partition coefficient (Wildman–Crippen LogP) is 2.78. The zero-order chi connectivity index (χ0) is 11.1. The lowest BCUT2D eigenvalue weighted by Gasteiger charge is -2.18. The number of aliphatic hydroxyl groups is 1. The van der Waals surface area contributed by atoms with Gasteiger partial charge in [0.05, 0.1) is 6.10 Å². The fourth-order valence-electron chi connectivity index (χ4n) is 1.69. The first kappa shape index (κ1) is 12.2. The Morgan fingerprint density at radius 2 is 1.93 bits per heavy atom. The van der Waals surface area contributed by atoms with Crippen molar-refractivity contribution in [3.63, 3.8) is 0 Å². The molecule has 15 heavy (non-hydrogen) atoms. The Labute approximate surface area is 91.9 Å². The minimum absolute atomic E-state index is 0.280. The molecule has 0 amide bonds. The summed E-state index contributed by atoms with van der Waals surface area (Å²) < 4.78 is 5.00. The van der Waals surface area contributed by atoms with Gasteiger partial charge in [0.2, 0.25) is 0 Å². The Balaban J connectivity index is 2.42. The van der Waals surface area contributed by atoms with Crippen molar-refractivity contribution in [2.24, 2.45) is 5.92 Å². The number of benzene rings is 1. The number of aliphatic hydroxyl groups excluding tert-OH is 1. The molecule has 0 aliphatic heterocycles. The van der Waals surface area contributed by atoms with Gasteiger partial charge in [0, 0.05) is 13.7 Å². The highest BCUT2D eigenvalue weighted by molar-refractivity contribution is 5.17. The molecule has 2 atom stereocenters. The summed E-state index contributed by atoms with van der Waals surface area (Å²) in [5, 5.41) is 10.0. The van der Waals surface area contributed by atoms with Crippen LogP contribution in [-0.4, -0.2) is 18.8 Å². The second-order valence-corrected chi connectivity index (χ2v) is 3.97. The lowest BCUT2D eigenvalue weighted by molar-refractivity contribution is 0.103. The summed E-state index contributed by atoms with van der Waals surface area (Å²) in [6.07, 6.45) is 1.63. The van der Waals surface area contributed by atoms with Crippen LogP contribution in [0.25, 0.3) is 0 Å². The van der Waals surface area contributed by atoms with Crippen LogP contribution in [-0.2, 0) is 4.74 Å². The molecular weight excluding hydrogens is 188 g/mol. The Morgan fingerprint density at radius 3 is 2.53 bits per heavy atom. The van der Waals surface area contributed by atoms with Crippen molar-refractivity contribution in [3.05, 3.63) is 35.9 Å². The van der Waals surface area contributed by atoms with Crippen LogP contribution < -0.4 is 0 Å². The maximum atomic E-state index is 10.0. The maximum absolute atomic E-state index is 10.0. The monoisotopic (exact) mass is 208 g/mol. The van der Waals surface area contributed by atoms with Gasteiger partial charge >= 0.3 is 0 Å². The molecule has 1 rings (SSSR count). The van der Waals surface area contributed by atoms with Gasteiger partial charge in [0.25, 0.3) is 0 Å². The molecule has 2 unspecified atom stereocenters. The van der Waals surface area contributed by atoms with Crippen molar-refractivity contribution in [2.45, 2.75) is 25.9 Å². The largest absolute Gasteiger partial charge is 0.388 e. The molecule has 2 nitrogen and oxygen atoms in total. The van der Waals surface area contributed by atoms with Gasteiger partial charge < -0.3 is 9.84 Å². The molecule has 0 aromatic heterocycles. The number of methoxy groups -OCH3 is 1. The second kappa shape index (κ2) is 6.59. The summed E-state index contributed by atoms with van der Waals surface area (Å²) in [4.78, 5) is 0. The molecule has 2 heteroatoms. The van der Waals surface area contributed by atoms with Gasteiger partial charge in [-0.25, -0.2) is 0 Å². The van der Waals surface area contributed by atoms with E-state index in [-0.39, 0.29) is 12.0 Å². The Kier molecular flexibility index (Phi) is 5.37. The molecular formula is C13H20O2. The van der Waals surface area contributed by atoms with E-state index in [2.05, 4.69) is 6.92 Å². The Bertz CT molecular complexity index is 258. The summed E-state index contributed by atoms with van der Waals surface area (Å²) in [6, 6.07) is 9.82. The van der Waals surface area contributed by atoms with Gasteiger partial charge in [-0.1, -0.05) is 37.3 Å². The van der Waals surface area contributed by atoms with Gasteiger partial charge in [0.1, 0.15) is 0 Å². The lowest BCUT2D eigenvalue weighted by atomic mass is 9.93. The topological polar surface area (TPSA) is 29.5 Å². The van der Waals surface area contributed by atoms with Crippen molar-refractivity contribution < 1.29 is 9.84 Å². The van der Waals surface area contributed by atoms with Crippen molar-refractivity contribution in [1.29, 1.82) is 0 Å². The number of hydrogen-bond acceptors (Lipinski definition) is 2. The van der Waals surface area contributed by atoms with Crippen molar-refractivity contribution in [1.82, 2.24) is 0 Å². The van der Waals surface area contributed by atoms with E-state index in [1.807, 2.05) is 30.3 Å². The van der Waals surface area contributed by atoms with Crippen LogP contribution in [0.3, 0.4) is 0 Å². The summed E-state index contributed by atoms with van der Waals surface area (Å²) >= 11 is 0. The van der Waals surface area contributed by atoms with E-state index in [1.165, 1.54) is 0 Å². The van der Waals surface area contributed by atoms with E-state index in [0.717, 1.165) is 25.0 Å². The fourth-order valence-corrected chi connectivity index (χ4v) is 1.69. The van der Waals surface area contributed by atoms with Crippen LogP contribution >= 0.6 is 0 Å². The number of hydrogen-bond donors (Lipinski definition) is 1.